The summed E-state index contributed by atoms with van der Waals surface area (Å²) in [6.07, 6.45) is 1.45. The van der Waals surface area contributed by atoms with Crippen molar-refractivity contribution in [3.8, 4) is 0 Å². The van der Waals surface area contributed by atoms with Crippen LogP contribution in [-0.2, 0) is 7.05 Å². The Hall–Kier alpha value is -2.21. The van der Waals surface area contributed by atoms with Gasteiger partial charge >= 0.3 is 0 Å². The number of benzene rings is 1. The lowest BCUT2D eigenvalue weighted by Crippen LogP contribution is -2.26. The first kappa shape index (κ1) is 15.2. The van der Waals surface area contributed by atoms with Crippen LogP contribution in [0.3, 0.4) is 0 Å². The Bertz CT molecular complexity index is 640. The molecule has 0 unspecified atom stereocenters. The van der Waals surface area contributed by atoms with Gasteiger partial charge in [-0.25, -0.2) is 8.78 Å². The third kappa shape index (κ3) is 3.66. The Morgan fingerprint density at radius 1 is 1.33 bits per heavy atom. The van der Waals surface area contributed by atoms with Crippen LogP contribution in [0.5, 0.6) is 0 Å². The minimum absolute atomic E-state index is 0.0438. The summed E-state index contributed by atoms with van der Waals surface area (Å²) < 4.78 is 27.6. The van der Waals surface area contributed by atoms with E-state index in [1.54, 1.807) is 10.6 Å². The van der Waals surface area contributed by atoms with Crippen molar-refractivity contribution >= 4 is 5.91 Å². The summed E-state index contributed by atoms with van der Waals surface area (Å²) >= 11 is 0. The van der Waals surface area contributed by atoms with Crippen LogP contribution in [0.15, 0.2) is 36.5 Å². The van der Waals surface area contributed by atoms with Crippen molar-refractivity contribution in [2.24, 2.45) is 7.05 Å². The van der Waals surface area contributed by atoms with Crippen molar-refractivity contribution < 1.29 is 18.7 Å². The van der Waals surface area contributed by atoms with E-state index in [0.29, 0.717) is 6.42 Å². The van der Waals surface area contributed by atoms with Gasteiger partial charge in [0.2, 0.25) is 0 Å². The average molecular weight is 294 g/mol. The summed E-state index contributed by atoms with van der Waals surface area (Å²) in [7, 11) is 1.82. The van der Waals surface area contributed by atoms with Gasteiger partial charge in [-0.15, -0.1) is 0 Å². The number of nitrogens with zero attached hydrogens (tertiary/aromatic N) is 1. The van der Waals surface area contributed by atoms with Gasteiger partial charge in [-0.3, -0.25) is 4.79 Å². The zero-order valence-electron chi connectivity index (χ0n) is 11.5. The number of hydrogen-bond donors (Lipinski definition) is 2. The fourth-order valence-corrected chi connectivity index (χ4v) is 2.03. The van der Waals surface area contributed by atoms with Crippen LogP contribution in [0.25, 0.3) is 0 Å². The topological polar surface area (TPSA) is 54.3 Å². The summed E-state index contributed by atoms with van der Waals surface area (Å²) in [5.41, 5.74) is 0.791. The highest BCUT2D eigenvalue weighted by Crippen LogP contribution is 2.15. The van der Waals surface area contributed by atoms with E-state index in [0.717, 1.165) is 17.8 Å². The van der Waals surface area contributed by atoms with Gasteiger partial charge in [0.25, 0.3) is 5.91 Å². The smallest absolute Gasteiger partial charge is 0.251 e. The molecule has 2 N–H and O–H groups in total. The first-order valence-corrected chi connectivity index (χ1v) is 6.51. The maximum Gasteiger partial charge on any atom is 0.251 e. The first-order chi connectivity index (χ1) is 9.99. The molecule has 0 saturated heterocycles. The first-order valence-electron chi connectivity index (χ1n) is 6.51. The number of carbonyl (C=O) groups is 1. The van der Waals surface area contributed by atoms with Gasteiger partial charge in [0.1, 0.15) is 0 Å². The summed E-state index contributed by atoms with van der Waals surface area (Å²) in [5, 5.41) is 12.5. The SMILES string of the molecule is Cn1cccc1[C@@H](O)CCNC(=O)c1ccc(F)c(F)c1. The molecule has 0 radical (unpaired) electrons. The van der Waals surface area contributed by atoms with Crippen LogP contribution >= 0.6 is 0 Å². The van der Waals surface area contributed by atoms with Crippen LogP contribution in [0, 0.1) is 11.6 Å². The van der Waals surface area contributed by atoms with E-state index in [2.05, 4.69) is 5.32 Å². The predicted molar refractivity (Wildman–Crippen MR) is 73.7 cm³/mol. The van der Waals surface area contributed by atoms with Crippen LogP contribution < -0.4 is 5.32 Å². The number of hydrogen-bond acceptors (Lipinski definition) is 2. The van der Waals surface area contributed by atoms with E-state index in [1.807, 2.05) is 19.3 Å². The van der Waals surface area contributed by atoms with Crippen molar-refractivity contribution in [3.05, 3.63) is 59.4 Å². The standard InChI is InChI=1S/C15H16F2N2O2/c1-19-8-2-3-13(19)14(20)6-7-18-15(21)10-4-5-11(16)12(17)9-10/h2-5,8-9,14,20H,6-7H2,1H3,(H,18,21)/t14-/m0/s1. The molecule has 2 rings (SSSR count). The Balaban J connectivity index is 1.87. The molecule has 1 atom stereocenters. The molecule has 0 aliphatic carbocycles. The third-order valence-electron chi connectivity index (χ3n) is 3.21. The molecule has 0 aliphatic rings. The highest BCUT2D eigenvalue weighted by molar-refractivity contribution is 5.94. The molecular weight excluding hydrogens is 278 g/mol. The molecule has 112 valence electrons. The Morgan fingerprint density at radius 2 is 2.10 bits per heavy atom. The number of aromatic nitrogens is 1. The summed E-state index contributed by atoms with van der Waals surface area (Å²) in [5.74, 6) is -2.56. The van der Waals surface area contributed by atoms with Gasteiger partial charge in [0.15, 0.2) is 11.6 Å². The second-order valence-corrected chi connectivity index (χ2v) is 4.73. The fourth-order valence-electron chi connectivity index (χ4n) is 2.03. The average Bonchev–Trinajstić information content (AvgIpc) is 2.88. The normalized spacial score (nSPS) is 12.2. The highest BCUT2D eigenvalue weighted by Gasteiger charge is 2.12. The van der Waals surface area contributed by atoms with E-state index in [-0.39, 0.29) is 12.1 Å². The number of aryl methyl sites for hydroxylation is 1. The number of carbonyl (C=O) groups excluding carboxylic acids is 1. The highest BCUT2D eigenvalue weighted by atomic mass is 19.2. The molecular formula is C15H16F2N2O2. The zero-order chi connectivity index (χ0) is 15.4. The van der Waals surface area contributed by atoms with Gasteiger partial charge in [-0.05, 0) is 36.8 Å². The number of nitrogens with one attached hydrogen (secondary N) is 1. The number of aliphatic hydroxyl groups excluding tert-OH is 1. The molecule has 2 aromatic rings. The van der Waals surface area contributed by atoms with Gasteiger partial charge in [0, 0.05) is 31.0 Å². The monoisotopic (exact) mass is 294 g/mol. The third-order valence-corrected chi connectivity index (χ3v) is 3.21. The predicted octanol–water partition coefficient (Wildman–Crippen LogP) is 2.16. The lowest BCUT2D eigenvalue weighted by atomic mass is 10.1. The molecule has 0 aliphatic heterocycles. The molecule has 1 aromatic carbocycles. The minimum Gasteiger partial charge on any atom is -0.387 e. The van der Waals surface area contributed by atoms with Crippen molar-refractivity contribution in [1.29, 1.82) is 0 Å². The van der Waals surface area contributed by atoms with E-state index < -0.39 is 23.6 Å². The maximum atomic E-state index is 13.0. The number of rotatable bonds is 5. The van der Waals surface area contributed by atoms with Gasteiger partial charge in [-0.1, -0.05) is 0 Å². The van der Waals surface area contributed by atoms with Crippen molar-refractivity contribution in [1.82, 2.24) is 9.88 Å². The molecule has 0 fully saturated rings. The van der Waals surface area contributed by atoms with Crippen LogP contribution in [0.2, 0.25) is 0 Å². The number of aliphatic hydroxyl groups is 1. The summed E-state index contributed by atoms with van der Waals surface area (Å²) in [6, 6.07) is 6.57. The fraction of sp³-hybridized carbons (Fsp3) is 0.267. The second-order valence-electron chi connectivity index (χ2n) is 4.73. The lowest BCUT2D eigenvalue weighted by Gasteiger charge is -2.12. The summed E-state index contributed by atoms with van der Waals surface area (Å²) in [6.45, 7) is 0.226. The molecule has 1 aromatic heterocycles. The lowest BCUT2D eigenvalue weighted by molar-refractivity contribution is 0.0940. The minimum atomic E-state index is -1.06. The quantitative estimate of drug-likeness (QED) is 0.888. The molecule has 21 heavy (non-hydrogen) atoms. The van der Waals surface area contributed by atoms with E-state index >= 15 is 0 Å². The maximum absolute atomic E-state index is 13.0. The van der Waals surface area contributed by atoms with Crippen molar-refractivity contribution in [3.63, 3.8) is 0 Å². The molecule has 1 amide bonds. The summed E-state index contributed by atoms with van der Waals surface area (Å²) in [4.78, 5) is 11.8. The molecule has 4 nitrogen and oxygen atoms in total. The largest absolute Gasteiger partial charge is 0.387 e. The van der Waals surface area contributed by atoms with Crippen LogP contribution in [-0.4, -0.2) is 22.1 Å². The molecule has 6 heteroatoms. The molecule has 1 heterocycles. The Kier molecular flexibility index (Phi) is 4.70. The Morgan fingerprint density at radius 3 is 2.71 bits per heavy atom. The van der Waals surface area contributed by atoms with Gasteiger partial charge in [-0.2, -0.15) is 0 Å². The van der Waals surface area contributed by atoms with Crippen LogP contribution in [0.1, 0.15) is 28.6 Å². The molecule has 0 bridgehead atoms. The van der Waals surface area contributed by atoms with E-state index in [4.69, 9.17) is 0 Å². The molecule has 0 spiro atoms. The van der Waals surface area contributed by atoms with E-state index in [9.17, 15) is 18.7 Å². The number of amides is 1. The number of halogens is 2. The van der Waals surface area contributed by atoms with Crippen molar-refractivity contribution in [2.75, 3.05) is 6.54 Å². The second kappa shape index (κ2) is 6.49. The van der Waals surface area contributed by atoms with Crippen molar-refractivity contribution in [2.45, 2.75) is 12.5 Å². The Labute approximate surface area is 121 Å². The molecule has 0 saturated carbocycles. The van der Waals surface area contributed by atoms with Gasteiger partial charge in [0.05, 0.1) is 6.10 Å². The zero-order valence-corrected chi connectivity index (χ0v) is 11.5. The van der Waals surface area contributed by atoms with E-state index in [1.165, 1.54) is 6.07 Å². The van der Waals surface area contributed by atoms with Gasteiger partial charge < -0.3 is 15.0 Å². The van der Waals surface area contributed by atoms with Crippen LogP contribution in [0.4, 0.5) is 8.78 Å².